The summed E-state index contributed by atoms with van der Waals surface area (Å²) in [7, 11) is 1.51. The summed E-state index contributed by atoms with van der Waals surface area (Å²) >= 11 is 0. The maximum Gasteiger partial charge on any atom is 0.200 e. The van der Waals surface area contributed by atoms with Gasteiger partial charge in [0.25, 0.3) is 0 Å². The van der Waals surface area contributed by atoms with E-state index >= 15 is 0 Å². The van der Waals surface area contributed by atoms with Crippen molar-refractivity contribution in [3.05, 3.63) is 54.1 Å². The number of carbonyl (C=O) groups excluding carboxylic acids is 2. The van der Waals surface area contributed by atoms with E-state index in [1.165, 1.54) is 19.5 Å². The van der Waals surface area contributed by atoms with Crippen LogP contribution in [0.15, 0.2) is 42.7 Å². The topological polar surface area (TPSA) is 69.2 Å². The second-order valence-corrected chi connectivity index (χ2v) is 4.12. The van der Waals surface area contributed by atoms with E-state index in [1.807, 2.05) is 0 Å². The monoisotopic (exact) mass is 270 g/mol. The summed E-state index contributed by atoms with van der Waals surface area (Å²) in [5.74, 6) is 0.279. The van der Waals surface area contributed by atoms with Gasteiger partial charge in [0, 0.05) is 25.2 Å². The first-order chi connectivity index (χ1) is 9.72. The molecule has 2 aromatic rings. The molecular weight excluding hydrogens is 256 g/mol. The first-order valence-electron chi connectivity index (χ1n) is 6.19. The molecule has 0 aliphatic heterocycles. The lowest BCUT2D eigenvalue weighted by molar-refractivity contribution is 0.0910. The summed E-state index contributed by atoms with van der Waals surface area (Å²) in [5.41, 5.74) is 0.483. The van der Waals surface area contributed by atoms with Crippen LogP contribution in [-0.4, -0.2) is 28.6 Å². The minimum Gasteiger partial charge on any atom is -0.496 e. The highest BCUT2D eigenvalue weighted by atomic mass is 16.5. The predicted molar refractivity (Wildman–Crippen MR) is 72.9 cm³/mol. The first kappa shape index (κ1) is 13.9. The summed E-state index contributed by atoms with van der Waals surface area (Å²) in [6, 6.07) is 8.59. The molecule has 1 aromatic heterocycles. The lowest BCUT2D eigenvalue weighted by atomic mass is 10.0. The summed E-state index contributed by atoms with van der Waals surface area (Å²) in [4.78, 5) is 31.6. The molecule has 2 rings (SSSR count). The van der Waals surface area contributed by atoms with E-state index in [0.29, 0.717) is 11.3 Å². The normalized spacial score (nSPS) is 10.1. The van der Waals surface area contributed by atoms with Crippen molar-refractivity contribution in [2.75, 3.05) is 7.11 Å². The van der Waals surface area contributed by atoms with Gasteiger partial charge < -0.3 is 4.74 Å². The fourth-order valence-corrected chi connectivity index (χ4v) is 1.79. The van der Waals surface area contributed by atoms with E-state index in [9.17, 15) is 9.59 Å². The molecule has 1 heterocycles. The zero-order valence-electron chi connectivity index (χ0n) is 11.1. The molecule has 5 heteroatoms. The molecule has 0 saturated heterocycles. The maximum atomic E-state index is 12.1. The highest BCUT2D eigenvalue weighted by molar-refractivity contribution is 6.02. The first-order valence-corrected chi connectivity index (χ1v) is 6.19. The Labute approximate surface area is 116 Å². The van der Waals surface area contributed by atoms with Gasteiger partial charge in [-0.3, -0.25) is 9.59 Å². The Bertz CT molecular complexity index is 612. The molecule has 5 nitrogen and oxygen atoms in total. The molecule has 0 radical (unpaired) electrons. The molecule has 102 valence electrons. The number of para-hydroxylation sites is 1. The highest BCUT2D eigenvalue weighted by Crippen LogP contribution is 2.19. The summed E-state index contributed by atoms with van der Waals surface area (Å²) in [6.45, 7) is 0. The number of ether oxygens (including phenoxy) is 1. The van der Waals surface area contributed by atoms with Gasteiger partial charge in [-0.25, -0.2) is 9.97 Å². The highest BCUT2D eigenvalue weighted by Gasteiger charge is 2.15. The summed E-state index contributed by atoms with van der Waals surface area (Å²) in [5, 5.41) is 0. The van der Waals surface area contributed by atoms with Crippen molar-refractivity contribution in [2.45, 2.75) is 12.8 Å². The molecule has 0 aliphatic carbocycles. The number of hydrogen-bond acceptors (Lipinski definition) is 5. The van der Waals surface area contributed by atoms with Crippen LogP contribution in [0.3, 0.4) is 0 Å². The Kier molecular flexibility index (Phi) is 4.55. The lowest BCUT2D eigenvalue weighted by Gasteiger charge is -2.06. The fourth-order valence-electron chi connectivity index (χ4n) is 1.79. The number of rotatable bonds is 6. The van der Waals surface area contributed by atoms with Gasteiger partial charge in [-0.2, -0.15) is 0 Å². The van der Waals surface area contributed by atoms with Crippen molar-refractivity contribution < 1.29 is 14.3 Å². The van der Waals surface area contributed by atoms with Gasteiger partial charge in [-0.05, 0) is 18.2 Å². The molecule has 0 unspecified atom stereocenters. The van der Waals surface area contributed by atoms with Gasteiger partial charge in [-0.1, -0.05) is 12.1 Å². The van der Waals surface area contributed by atoms with Crippen LogP contribution in [0.25, 0.3) is 0 Å². The van der Waals surface area contributed by atoms with Crippen LogP contribution in [0.1, 0.15) is 33.8 Å². The van der Waals surface area contributed by atoms with Gasteiger partial charge >= 0.3 is 0 Å². The van der Waals surface area contributed by atoms with Crippen LogP contribution in [-0.2, 0) is 0 Å². The number of Topliss-reactive ketones (excluding diaryl/α,β-unsaturated/α-hetero) is 2. The van der Waals surface area contributed by atoms with E-state index in [0.717, 1.165) is 0 Å². The van der Waals surface area contributed by atoms with Gasteiger partial charge in [0.2, 0.25) is 0 Å². The number of aromatic nitrogens is 2. The standard InChI is InChI=1S/C15H14N2O3/c1-20-14-6-3-2-5-11(14)12(18)7-8-13(19)15-16-9-4-10-17-15/h2-6,9-10H,7-8H2,1H3. The third kappa shape index (κ3) is 3.26. The maximum absolute atomic E-state index is 12.1. The number of methoxy groups -OCH3 is 1. The van der Waals surface area contributed by atoms with Crippen LogP contribution in [0.2, 0.25) is 0 Å². The van der Waals surface area contributed by atoms with Crippen molar-refractivity contribution in [1.82, 2.24) is 9.97 Å². The molecule has 0 saturated carbocycles. The van der Waals surface area contributed by atoms with Gasteiger partial charge in [-0.15, -0.1) is 0 Å². The third-order valence-electron chi connectivity index (χ3n) is 2.80. The lowest BCUT2D eigenvalue weighted by Crippen LogP contribution is -2.09. The van der Waals surface area contributed by atoms with Gasteiger partial charge in [0.1, 0.15) is 5.75 Å². The second kappa shape index (κ2) is 6.56. The quantitative estimate of drug-likeness (QED) is 0.753. The molecule has 0 N–H and O–H groups in total. The Morgan fingerprint density at radius 2 is 1.65 bits per heavy atom. The van der Waals surface area contributed by atoms with E-state index < -0.39 is 0 Å². The van der Waals surface area contributed by atoms with Gasteiger partial charge in [0.15, 0.2) is 17.4 Å². The van der Waals surface area contributed by atoms with Crippen molar-refractivity contribution in [2.24, 2.45) is 0 Å². The largest absolute Gasteiger partial charge is 0.496 e. The van der Waals surface area contributed by atoms with E-state index in [-0.39, 0.29) is 30.2 Å². The Morgan fingerprint density at radius 3 is 2.35 bits per heavy atom. The van der Waals surface area contributed by atoms with E-state index in [1.54, 1.807) is 30.3 Å². The average molecular weight is 270 g/mol. The Morgan fingerprint density at radius 1 is 1.00 bits per heavy atom. The smallest absolute Gasteiger partial charge is 0.200 e. The Balaban J connectivity index is 2.01. The number of carbonyl (C=O) groups is 2. The molecule has 1 aromatic carbocycles. The van der Waals surface area contributed by atoms with Crippen molar-refractivity contribution in [3.8, 4) is 5.75 Å². The zero-order valence-corrected chi connectivity index (χ0v) is 11.1. The Hall–Kier alpha value is -2.56. The van der Waals surface area contributed by atoms with Crippen molar-refractivity contribution in [1.29, 1.82) is 0 Å². The molecule has 0 bridgehead atoms. The minimum atomic E-state index is -0.242. The van der Waals surface area contributed by atoms with Crippen molar-refractivity contribution in [3.63, 3.8) is 0 Å². The summed E-state index contributed by atoms with van der Waals surface area (Å²) < 4.78 is 5.13. The molecule has 0 atom stereocenters. The zero-order chi connectivity index (χ0) is 14.4. The minimum absolute atomic E-state index is 0.0842. The molecular formula is C15H14N2O3. The SMILES string of the molecule is COc1ccccc1C(=O)CCC(=O)c1ncccn1. The molecule has 0 amide bonds. The molecule has 0 fully saturated rings. The summed E-state index contributed by atoms with van der Waals surface area (Å²) in [6.07, 6.45) is 3.20. The molecule has 20 heavy (non-hydrogen) atoms. The van der Waals surface area contributed by atoms with E-state index in [2.05, 4.69) is 9.97 Å². The fraction of sp³-hybridized carbons (Fsp3) is 0.200. The van der Waals surface area contributed by atoms with E-state index in [4.69, 9.17) is 4.74 Å². The molecule has 0 aliphatic rings. The van der Waals surface area contributed by atoms with Crippen LogP contribution >= 0.6 is 0 Å². The van der Waals surface area contributed by atoms with Crippen LogP contribution < -0.4 is 4.74 Å². The number of nitrogens with zero attached hydrogens (tertiary/aromatic N) is 2. The van der Waals surface area contributed by atoms with Crippen LogP contribution in [0.5, 0.6) is 5.75 Å². The number of hydrogen-bond donors (Lipinski definition) is 0. The van der Waals surface area contributed by atoms with Crippen LogP contribution in [0.4, 0.5) is 0 Å². The van der Waals surface area contributed by atoms with Gasteiger partial charge in [0.05, 0.1) is 12.7 Å². The van der Waals surface area contributed by atoms with Crippen molar-refractivity contribution >= 4 is 11.6 Å². The average Bonchev–Trinajstić information content (AvgIpc) is 2.53. The predicted octanol–water partition coefficient (Wildman–Crippen LogP) is 2.33. The second-order valence-electron chi connectivity index (χ2n) is 4.12. The number of ketones is 2. The van der Waals surface area contributed by atoms with Crippen LogP contribution in [0, 0.1) is 0 Å². The molecule has 0 spiro atoms. The third-order valence-corrected chi connectivity index (χ3v) is 2.80. The number of benzene rings is 1.